The first kappa shape index (κ1) is 22.2. The highest BCUT2D eigenvalue weighted by Gasteiger charge is 2.20. The van der Waals surface area contributed by atoms with Gasteiger partial charge in [0.1, 0.15) is 18.5 Å². The Morgan fingerprint density at radius 2 is 1.86 bits per heavy atom. The van der Waals surface area contributed by atoms with Gasteiger partial charge in [0.15, 0.2) is 0 Å². The largest absolute Gasteiger partial charge is 0.480 e. The van der Waals surface area contributed by atoms with E-state index in [4.69, 9.17) is 4.74 Å². The van der Waals surface area contributed by atoms with E-state index in [1.807, 2.05) is 6.07 Å². The molecule has 0 saturated carbocycles. The summed E-state index contributed by atoms with van der Waals surface area (Å²) in [5, 5.41) is 14.1. The van der Waals surface area contributed by atoms with Crippen molar-refractivity contribution in [3.63, 3.8) is 0 Å². The van der Waals surface area contributed by atoms with Crippen LogP contribution >= 0.6 is 11.8 Å². The Kier molecular flexibility index (Phi) is 8.97. The number of nitrogens with one attached hydrogen (secondary N) is 2. The van der Waals surface area contributed by atoms with E-state index in [2.05, 4.69) is 10.6 Å². The smallest absolute Gasteiger partial charge is 0.408 e. The molecule has 2 aromatic carbocycles. The Labute approximate surface area is 171 Å². The van der Waals surface area contributed by atoms with E-state index in [0.29, 0.717) is 11.4 Å². The van der Waals surface area contributed by atoms with Crippen molar-refractivity contribution in [2.75, 3.05) is 16.8 Å². The summed E-state index contributed by atoms with van der Waals surface area (Å²) in [7, 11) is 0. The van der Waals surface area contributed by atoms with Gasteiger partial charge in [0, 0.05) is 5.69 Å². The summed E-state index contributed by atoms with van der Waals surface area (Å²) in [5.41, 5.74) is 1.14. The Morgan fingerprint density at radius 1 is 1.10 bits per heavy atom. The number of alkyl carbamates (subject to hydrolysis) is 1. The molecule has 154 valence electrons. The minimum absolute atomic E-state index is 0.0357. The lowest BCUT2D eigenvalue weighted by Crippen LogP contribution is -2.41. The Morgan fingerprint density at radius 3 is 2.55 bits per heavy atom. The number of halogens is 1. The third kappa shape index (κ3) is 8.65. The summed E-state index contributed by atoms with van der Waals surface area (Å²) in [6.45, 7) is 0.0357. The lowest BCUT2D eigenvalue weighted by atomic mass is 10.2. The Balaban J connectivity index is 1.68. The van der Waals surface area contributed by atoms with E-state index in [9.17, 15) is 23.9 Å². The van der Waals surface area contributed by atoms with Crippen LogP contribution in [0.5, 0.6) is 0 Å². The van der Waals surface area contributed by atoms with Crippen LogP contribution in [0.1, 0.15) is 12.0 Å². The number of carboxylic acids is 1. The first-order valence-corrected chi connectivity index (χ1v) is 9.92. The van der Waals surface area contributed by atoms with Gasteiger partial charge in [0.2, 0.25) is 5.91 Å². The van der Waals surface area contributed by atoms with Crippen LogP contribution < -0.4 is 10.6 Å². The molecule has 7 nitrogen and oxygen atoms in total. The number of hydrogen-bond donors (Lipinski definition) is 3. The highest BCUT2D eigenvalue weighted by Crippen LogP contribution is 2.11. The number of carbonyl (C=O) groups is 3. The van der Waals surface area contributed by atoms with Crippen molar-refractivity contribution in [1.82, 2.24) is 5.32 Å². The van der Waals surface area contributed by atoms with Crippen LogP contribution in [0.15, 0.2) is 54.6 Å². The van der Waals surface area contributed by atoms with Crippen molar-refractivity contribution in [1.29, 1.82) is 0 Å². The molecule has 0 fully saturated rings. The van der Waals surface area contributed by atoms with Crippen molar-refractivity contribution in [3.05, 3.63) is 66.0 Å². The molecular formula is C20H21FN2O5S. The summed E-state index contributed by atoms with van der Waals surface area (Å²) in [6.07, 6.45) is -0.705. The van der Waals surface area contributed by atoms with E-state index in [0.717, 1.165) is 5.56 Å². The third-order valence-electron chi connectivity index (χ3n) is 3.70. The van der Waals surface area contributed by atoms with E-state index in [1.54, 1.807) is 30.3 Å². The molecule has 29 heavy (non-hydrogen) atoms. The fraction of sp³-hybridized carbons (Fsp3) is 0.250. The van der Waals surface area contributed by atoms with Gasteiger partial charge in [-0.25, -0.2) is 14.0 Å². The number of ether oxygens (including phenoxy) is 1. The van der Waals surface area contributed by atoms with Crippen LogP contribution in [0.2, 0.25) is 0 Å². The average Bonchev–Trinajstić information content (AvgIpc) is 2.69. The standard InChI is InChI=1S/C20H21FN2O5S/c21-15-7-4-8-16(11-15)22-18(24)13-29-10-9-17(19(25)26)23-20(27)28-12-14-5-2-1-3-6-14/h1-8,11,17H,9-10,12-13H2,(H,22,24)(H,23,27)(H,25,26). The van der Waals surface area contributed by atoms with Crippen LogP contribution in [0.4, 0.5) is 14.9 Å². The monoisotopic (exact) mass is 420 g/mol. The first-order valence-electron chi connectivity index (χ1n) is 8.77. The van der Waals surface area contributed by atoms with E-state index >= 15 is 0 Å². The lowest BCUT2D eigenvalue weighted by Gasteiger charge is -2.14. The number of carbonyl (C=O) groups excluding carboxylic acids is 2. The molecule has 9 heteroatoms. The quantitative estimate of drug-likeness (QED) is 0.510. The van der Waals surface area contributed by atoms with Gasteiger partial charge in [-0.05, 0) is 35.9 Å². The topological polar surface area (TPSA) is 105 Å². The molecule has 3 N–H and O–H groups in total. The highest BCUT2D eigenvalue weighted by atomic mass is 32.2. The van der Waals surface area contributed by atoms with Gasteiger partial charge < -0.3 is 20.5 Å². The number of anilines is 1. The van der Waals surface area contributed by atoms with Gasteiger partial charge >= 0.3 is 12.1 Å². The number of aliphatic carboxylic acids is 1. The van der Waals surface area contributed by atoms with Gasteiger partial charge in [0.05, 0.1) is 5.75 Å². The highest BCUT2D eigenvalue weighted by molar-refractivity contribution is 7.99. The maximum absolute atomic E-state index is 13.1. The molecule has 0 aliphatic rings. The van der Waals surface area contributed by atoms with Gasteiger partial charge in [-0.2, -0.15) is 11.8 Å². The van der Waals surface area contributed by atoms with Crippen molar-refractivity contribution < 1.29 is 28.6 Å². The number of amides is 2. The van der Waals surface area contributed by atoms with Crippen LogP contribution in [0.3, 0.4) is 0 Å². The maximum atomic E-state index is 13.1. The molecule has 0 radical (unpaired) electrons. The van der Waals surface area contributed by atoms with Gasteiger partial charge in [0.25, 0.3) is 0 Å². The lowest BCUT2D eigenvalue weighted by molar-refractivity contribution is -0.139. The summed E-state index contributed by atoms with van der Waals surface area (Å²) in [5.74, 6) is -1.58. The normalized spacial score (nSPS) is 11.3. The Hall–Kier alpha value is -3.07. The summed E-state index contributed by atoms with van der Waals surface area (Å²) < 4.78 is 18.1. The predicted molar refractivity (Wildman–Crippen MR) is 108 cm³/mol. The molecule has 2 aromatic rings. The van der Waals surface area contributed by atoms with E-state index in [-0.39, 0.29) is 24.7 Å². The number of benzene rings is 2. The zero-order chi connectivity index (χ0) is 21.1. The fourth-order valence-electron chi connectivity index (χ4n) is 2.29. The molecular weight excluding hydrogens is 399 g/mol. The first-order chi connectivity index (χ1) is 13.9. The van der Waals surface area contributed by atoms with Crippen molar-refractivity contribution in [3.8, 4) is 0 Å². The molecule has 2 amide bonds. The van der Waals surface area contributed by atoms with E-state index < -0.39 is 23.9 Å². The molecule has 0 aromatic heterocycles. The average molecular weight is 420 g/mol. The number of thioether (sulfide) groups is 1. The van der Waals surface area contributed by atoms with Gasteiger partial charge in [-0.3, -0.25) is 4.79 Å². The molecule has 2 rings (SSSR count). The SMILES string of the molecule is O=C(CSCCC(NC(=O)OCc1ccccc1)C(=O)O)Nc1cccc(F)c1. The molecule has 0 spiro atoms. The minimum atomic E-state index is -1.19. The second-order valence-electron chi connectivity index (χ2n) is 6.00. The molecule has 0 saturated heterocycles. The van der Waals surface area contributed by atoms with Gasteiger partial charge in [-0.15, -0.1) is 0 Å². The zero-order valence-corrected chi connectivity index (χ0v) is 16.3. The fourth-order valence-corrected chi connectivity index (χ4v) is 3.10. The number of hydrogen-bond acceptors (Lipinski definition) is 5. The van der Waals surface area contributed by atoms with E-state index in [1.165, 1.54) is 30.0 Å². The van der Waals surface area contributed by atoms with Crippen LogP contribution in [0.25, 0.3) is 0 Å². The Bertz CT molecular complexity index is 835. The van der Waals surface area contributed by atoms with Crippen LogP contribution in [-0.4, -0.2) is 40.6 Å². The molecule has 0 heterocycles. The van der Waals surface area contributed by atoms with Crippen LogP contribution in [-0.2, 0) is 20.9 Å². The number of rotatable bonds is 10. The van der Waals surface area contributed by atoms with Gasteiger partial charge in [-0.1, -0.05) is 36.4 Å². The molecule has 0 aliphatic carbocycles. The predicted octanol–water partition coefficient (Wildman–Crippen LogP) is 3.27. The van der Waals surface area contributed by atoms with Crippen molar-refractivity contribution in [2.45, 2.75) is 19.1 Å². The van der Waals surface area contributed by atoms with Crippen molar-refractivity contribution in [2.24, 2.45) is 0 Å². The maximum Gasteiger partial charge on any atom is 0.408 e. The number of carboxylic acid groups (broad SMARTS) is 1. The zero-order valence-electron chi connectivity index (χ0n) is 15.5. The summed E-state index contributed by atoms with van der Waals surface area (Å²) in [4.78, 5) is 35.0. The summed E-state index contributed by atoms with van der Waals surface area (Å²) >= 11 is 1.21. The van der Waals surface area contributed by atoms with Crippen molar-refractivity contribution >= 4 is 35.4 Å². The molecule has 0 bridgehead atoms. The molecule has 0 aliphatic heterocycles. The molecule has 1 unspecified atom stereocenters. The minimum Gasteiger partial charge on any atom is -0.480 e. The second kappa shape index (κ2) is 11.7. The van der Waals surface area contributed by atoms with Crippen LogP contribution in [0, 0.1) is 5.82 Å². The second-order valence-corrected chi connectivity index (χ2v) is 7.10. The summed E-state index contributed by atoms with van der Waals surface area (Å²) in [6, 6.07) is 13.4. The third-order valence-corrected chi connectivity index (χ3v) is 4.69. The molecule has 1 atom stereocenters.